The van der Waals surface area contributed by atoms with Crippen LogP contribution in [0.4, 0.5) is 0 Å². The monoisotopic (exact) mass is 316 g/mol. The Hall–Kier alpha value is -2.54. The summed E-state index contributed by atoms with van der Waals surface area (Å²) >= 11 is 1.29. The van der Waals surface area contributed by atoms with Gasteiger partial charge in [0.05, 0.1) is 19.1 Å². The Labute approximate surface area is 130 Å². The van der Waals surface area contributed by atoms with Gasteiger partial charge in [-0.1, -0.05) is 30.0 Å². The molecular formula is C15H12N2O4S. The summed E-state index contributed by atoms with van der Waals surface area (Å²) in [4.78, 5) is 11.6. The third kappa shape index (κ3) is 3.04. The van der Waals surface area contributed by atoms with Crippen molar-refractivity contribution in [3.05, 3.63) is 54.0 Å². The van der Waals surface area contributed by atoms with Crippen LogP contribution in [0, 0.1) is 0 Å². The number of ether oxygens (including phenoxy) is 1. The molecule has 6 nitrogen and oxygen atoms in total. The fourth-order valence-electron chi connectivity index (χ4n) is 1.84. The number of carbonyl (C=O) groups excluding carboxylic acids is 1. The molecular weight excluding hydrogens is 304 g/mol. The van der Waals surface area contributed by atoms with Crippen LogP contribution in [0.5, 0.6) is 0 Å². The molecule has 3 rings (SSSR count). The zero-order chi connectivity index (χ0) is 15.4. The number of rotatable bonds is 5. The van der Waals surface area contributed by atoms with E-state index in [-0.39, 0.29) is 0 Å². The Bertz CT molecular complexity index is 767. The summed E-state index contributed by atoms with van der Waals surface area (Å²) in [6.07, 6.45) is 1.45. The molecule has 0 fully saturated rings. The number of furan rings is 1. The molecule has 0 saturated carbocycles. The highest BCUT2D eigenvalue weighted by Crippen LogP contribution is 2.27. The molecule has 0 aliphatic heterocycles. The molecule has 0 atom stereocenters. The second kappa shape index (κ2) is 6.48. The van der Waals surface area contributed by atoms with Crippen LogP contribution in [0.25, 0.3) is 11.5 Å². The Kier molecular flexibility index (Phi) is 4.24. The zero-order valence-electron chi connectivity index (χ0n) is 11.7. The maximum atomic E-state index is 11.6. The zero-order valence-corrected chi connectivity index (χ0v) is 12.5. The predicted octanol–water partition coefficient (Wildman–Crippen LogP) is 3.41. The van der Waals surface area contributed by atoms with Gasteiger partial charge in [-0.25, -0.2) is 4.79 Å². The van der Waals surface area contributed by atoms with E-state index in [0.29, 0.717) is 28.2 Å². The van der Waals surface area contributed by atoms with Gasteiger partial charge in [-0.2, -0.15) is 0 Å². The van der Waals surface area contributed by atoms with E-state index in [2.05, 4.69) is 14.9 Å². The van der Waals surface area contributed by atoms with E-state index in [9.17, 15) is 4.79 Å². The molecule has 0 N–H and O–H groups in total. The lowest BCUT2D eigenvalue weighted by Gasteiger charge is -1.98. The van der Waals surface area contributed by atoms with Crippen molar-refractivity contribution in [1.82, 2.24) is 10.2 Å². The highest BCUT2D eigenvalue weighted by Gasteiger charge is 2.16. The summed E-state index contributed by atoms with van der Waals surface area (Å²) in [5.74, 6) is 0.931. The van der Waals surface area contributed by atoms with Crippen molar-refractivity contribution < 1.29 is 18.4 Å². The molecule has 0 amide bonds. The van der Waals surface area contributed by atoms with E-state index >= 15 is 0 Å². The van der Waals surface area contributed by atoms with Crippen LogP contribution in [0.1, 0.15) is 16.1 Å². The first-order valence-electron chi connectivity index (χ1n) is 6.44. The summed E-state index contributed by atoms with van der Waals surface area (Å²) in [5.41, 5.74) is 1.26. The van der Waals surface area contributed by atoms with Gasteiger partial charge in [-0.3, -0.25) is 0 Å². The summed E-state index contributed by atoms with van der Waals surface area (Å²) in [6.45, 7) is 0. The highest BCUT2D eigenvalue weighted by molar-refractivity contribution is 7.98. The number of hydrogen-bond acceptors (Lipinski definition) is 7. The van der Waals surface area contributed by atoms with Crippen molar-refractivity contribution in [2.45, 2.75) is 11.0 Å². The van der Waals surface area contributed by atoms with Gasteiger partial charge in [0, 0.05) is 5.56 Å². The highest BCUT2D eigenvalue weighted by atomic mass is 32.2. The number of nitrogens with zero attached hydrogens (tertiary/aromatic N) is 2. The Morgan fingerprint density at radius 3 is 2.82 bits per heavy atom. The van der Waals surface area contributed by atoms with Crippen LogP contribution in [0.3, 0.4) is 0 Å². The fraction of sp³-hybridized carbons (Fsp3) is 0.133. The minimum absolute atomic E-state index is 0.397. The first-order valence-corrected chi connectivity index (χ1v) is 7.43. The molecule has 1 aromatic carbocycles. The van der Waals surface area contributed by atoms with Crippen molar-refractivity contribution in [2.75, 3.05) is 7.11 Å². The largest absolute Gasteiger partial charge is 0.468 e. The second-order valence-corrected chi connectivity index (χ2v) is 5.20. The molecule has 112 valence electrons. The summed E-state index contributed by atoms with van der Waals surface area (Å²) < 4.78 is 15.6. The summed E-state index contributed by atoms with van der Waals surface area (Å²) in [6, 6.07) is 11.1. The molecule has 0 unspecified atom stereocenters. The Balaban J connectivity index is 1.69. The van der Waals surface area contributed by atoms with Gasteiger partial charge in [0.25, 0.3) is 5.22 Å². The van der Waals surface area contributed by atoms with Crippen molar-refractivity contribution in [1.29, 1.82) is 0 Å². The minimum atomic E-state index is -0.431. The third-order valence-electron chi connectivity index (χ3n) is 2.90. The van der Waals surface area contributed by atoms with Gasteiger partial charge in [0.1, 0.15) is 11.3 Å². The average molecular weight is 316 g/mol. The first kappa shape index (κ1) is 14.4. The molecule has 0 radical (unpaired) electrons. The maximum absolute atomic E-state index is 11.6. The third-order valence-corrected chi connectivity index (χ3v) is 3.72. The quantitative estimate of drug-likeness (QED) is 0.527. The molecule has 2 heterocycles. The number of methoxy groups -OCH3 is 1. The Morgan fingerprint density at radius 1 is 1.23 bits per heavy atom. The summed E-state index contributed by atoms with van der Waals surface area (Å²) in [5, 5.41) is 8.38. The van der Waals surface area contributed by atoms with Crippen LogP contribution in [-0.2, 0) is 10.5 Å². The number of esters is 1. The molecule has 0 aliphatic carbocycles. The lowest BCUT2D eigenvalue weighted by Crippen LogP contribution is -2.02. The predicted molar refractivity (Wildman–Crippen MR) is 79.3 cm³/mol. The molecule has 7 heteroatoms. The van der Waals surface area contributed by atoms with Crippen LogP contribution in [0.15, 0.2) is 56.7 Å². The molecule has 2 aromatic heterocycles. The molecule has 22 heavy (non-hydrogen) atoms. The standard InChI is InChI=1S/C15H12N2O4S/c1-19-14(18)11-7-8-20-12(11)9-22-15-17-16-13(21-15)10-5-3-2-4-6-10/h2-8H,9H2,1H3. The second-order valence-electron chi connectivity index (χ2n) is 4.28. The van der Waals surface area contributed by atoms with E-state index in [4.69, 9.17) is 8.83 Å². The van der Waals surface area contributed by atoms with Gasteiger partial charge in [0.15, 0.2) is 0 Å². The number of carbonyl (C=O) groups is 1. The van der Waals surface area contributed by atoms with Crippen molar-refractivity contribution >= 4 is 17.7 Å². The molecule has 3 aromatic rings. The van der Waals surface area contributed by atoms with Crippen molar-refractivity contribution in [3.8, 4) is 11.5 Å². The van der Waals surface area contributed by atoms with Crippen molar-refractivity contribution in [3.63, 3.8) is 0 Å². The van der Waals surface area contributed by atoms with Crippen molar-refractivity contribution in [2.24, 2.45) is 0 Å². The molecule has 0 spiro atoms. The SMILES string of the molecule is COC(=O)c1ccoc1CSc1nnc(-c2ccccc2)o1. The van der Waals surface area contributed by atoms with Crippen LogP contribution in [-0.4, -0.2) is 23.3 Å². The van der Waals surface area contributed by atoms with E-state index in [1.807, 2.05) is 30.3 Å². The first-order chi connectivity index (χ1) is 10.8. The summed E-state index contributed by atoms with van der Waals surface area (Å²) in [7, 11) is 1.33. The van der Waals surface area contributed by atoms with E-state index in [0.717, 1.165) is 5.56 Å². The topological polar surface area (TPSA) is 78.4 Å². The van der Waals surface area contributed by atoms with Gasteiger partial charge >= 0.3 is 5.97 Å². The smallest absolute Gasteiger partial charge is 0.341 e. The van der Waals surface area contributed by atoms with E-state index in [1.54, 1.807) is 6.07 Å². The lowest BCUT2D eigenvalue weighted by atomic mass is 10.2. The minimum Gasteiger partial charge on any atom is -0.468 e. The fourth-order valence-corrected chi connectivity index (χ4v) is 2.55. The normalized spacial score (nSPS) is 10.6. The molecule has 0 saturated heterocycles. The lowest BCUT2D eigenvalue weighted by molar-refractivity contribution is 0.0598. The van der Waals surface area contributed by atoms with Gasteiger partial charge < -0.3 is 13.6 Å². The average Bonchev–Trinajstić information content (AvgIpc) is 3.22. The van der Waals surface area contributed by atoms with Gasteiger partial charge in [-0.15, -0.1) is 10.2 Å². The van der Waals surface area contributed by atoms with Gasteiger partial charge in [-0.05, 0) is 18.2 Å². The van der Waals surface area contributed by atoms with Crippen LogP contribution >= 0.6 is 11.8 Å². The van der Waals surface area contributed by atoms with Gasteiger partial charge in [0.2, 0.25) is 5.89 Å². The number of aromatic nitrogens is 2. The maximum Gasteiger partial charge on any atom is 0.341 e. The molecule has 0 bridgehead atoms. The Morgan fingerprint density at radius 2 is 2.05 bits per heavy atom. The number of hydrogen-bond donors (Lipinski definition) is 0. The van der Waals surface area contributed by atoms with E-state index in [1.165, 1.54) is 25.1 Å². The molecule has 0 aliphatic rings. The van der Waals surface area contributed by atoms with E-state index < -0.39 is 5.97 Å². The van der Waals surface area contributed by atoms with Crippen LogP contribution < -0.4 is 0 Å². The van der Waals surface area contributed by atoms with Crippen LogP contribution in [0.2, 0.25) is 0 Å². The number of benzene rings is 1. The number of thioether (sulfide) groups is 1.